The first-order valence-corrected chi connectivity index (χ1v) is 8.24. The molecule has 20 heavy (non-hydrogen) atoms. The van der Waals surface area contributed by atoms with Gasteiger partial charge in [-0.05, 0) is 0 Å². The van der Waals surface area contributed by atoms with Crippen molar-refractivity contribution in [2.24, 2.45) is 0 Å². The van der Waals surface area contributed by atoms with E-state index in [0.717, 1.165) is 27.9 Å². The topological polar surface area (TPSA) is 35.5 Å². The Hall–Kier alpha value is -1.77. The second-order valence-corrected chi connectivity index (χ2v) is 6.14. The Labute approximate surface area is 125 Å². The summed E-state index contributed by atoms with van der Waals surface area (Å²) < 4.78 is 10.4. The summed E-state index contributed by atoms with van der Waals surface area (Å²) in [6, 6.07) is 15.1. The molecule has 0 aromatic heterocycles. The van der Waals surface area contributed by atoms with Crippen LogP contribution in [0.2, 0.25) is 0 Å². The van der Waals surface area contributed by atoms with Gasteiger partial charge in [0.2, 0.25) is 0 Å². The molecule has 0 saturated carbocycles. The second kappa shape index (κ2) is 7.13. The zero-order valence-electron chi connectivity index (χ0n) is 11.5. The molecule has 0 radical (unpaired) electrons. The van der Waals surface area contributed by atoms with E-state index in [1.54, 1.807) is 14.2 Å². The van der Waals surface area contributed by atoms with Gasteiger partial charge in [-0.15, -0.1) is 0 Å². The van der Waals surface area contributed by atoms with E-state index in [4.69, 9.17) is 9.47 Å². The molecule has 2 rings (SSSR count). The van der Waals surface area contributed by atoms with Gasteiger partial charge in [-0.3, -0.25) is 0 Å². The molecule has 0 aliphatic heterocycles. The molecule has 0 heterocycles. The number of carbonyl (C=O) groups excluding carboxylic acids is 1. The van der Waals surface area contributed by atoms with E-state index in [1.165, 1.54) is 0 Å². The van der Waals surface area contributed by atoms with Crippen LogP contribution < -0.4 is 9.47 Å². The first-order valence-electron chi connectivity index (χ1n) is 6.17. The Morgan fingerprint density at radius 1 is 0.900 bits per heavy atom. The fourth-order valence-corrected chi connectivity index (χ4v) is 3.34. The average molecular weight is 335 g/mol. The molecule has 2 aromatic rings. The molecule has 0 bridgehead atoms. The van der Waals surface area contributed by atoms with Gasteiger partial charge in [-0.2, -0.15) is 0 Å². The summed E-state index contributed by atoms with van der Waals surface area (Å²) in [6.07, 6.45) is 0. The quantitative estimate of drug-likeness (QED) is 0.762. The Balaban J connectivity index is 1.93. The van der Waals surface area contributed by atoms with E-state index in [0.29, 0.717) is 0 Å². The molecule has 104 valence electrons. The molecule has 2 aromatic carbocycles. The molecule has 0 atom stereocenters. The van der Waals surface area contributed by atoms with Crippen LogP contribution in [0.25, 0.3) is 0 Å². The van der Waals surface area contributed by atoms with E-state index in [9.17, 15) is 4.79 Å². The van der Waals surface area contributed by atoms with Gasteiger partial charge in [0.25, 0.3) is 0 Å². The van der Waals surface area contributed by atoms with Crippen molar-refractivity contribution in [1.29, 1.82) is 0 Å². The van der Waals surface area contributed by atoms with Crippen LogP contribution in [-0.2, 0) is 5.32 Å². The number of hydrogen-bond acceptors (Lipinski definition) is 3. The number of ether oxygens (including phenoxy) is 2. The van der Waals surface area contributed by atoms with Crippen LogP contribution in [-0.4, -0.2) is 33.9 Å². The fraction of sp³-hybridized carbons (Fsp3) is 0.188. The Morgan fingerprint density at radius 2 is 1.40 bits per heavy atom. The van der Waals surface area contributed by atoms with Crippen molar-refractivity contribution in [3.8, 4) is 11.5 Å². The summed E-state index contributed by atoms with van der Waals surface area (Å²) in [7, 11) is 3.26. The van der Waals surface area contributed by atoms with Crippen LogP contribution in [0.3, 0.4) is 0 Å². The summed E-state index contributed by atoms with van der Waals surface area (Å²) in [5.41, 5.74) is 1.91. The molecular formula is C16H16O3Se. The van der Waals surface area contributed by atoms with E-state index in [2.05, 4.69) is 0 Å². The third-order valence-electron chi connectivity index (χ3n) is 2.85. The molecule has 0 fully saturated rings. The minimum absolute atomic E-state index is 0.0941. The summed E-state index contributed by atoms with van der Waals surface area (Å²) in [6.45, 7) is 0. The Morgan fingerprint density at radius 3 is 1.90 bits per heavy atom. The van der Waals surface area contributed by atoms with Crippen molar-refractivity contribution < 1.29 is 14.3 Å². The second-order valence-electron chi connectivity index (χ2n) is 4.15. The molecule has 4 heteroatoms. The maximum atomic E-state index is 12.1. The zero-order valence-corrected chi connectivity index (χ0v) is 13.2. The molecule has 0 spiro atoms. The number of carbonyl (C=O) groups is 1. The van der Waals surface area contributed by atoms with E-state index < -0.39 is 0 Å². The Kier molecular flexibility index (Phi) is 5.22. The van der Waals surface area contributed by atoms with Gasteiger partial charge in [-0.1, -0.05) is 0 Å². The van der Waals surface area contributed by atoms with Gasteiger partial charge in [-0.25, -0.2) is 0 Å². The van der Waals surface area contributed by atoms with Crippen LogP contribution in [0, 0.1) is 0 Å². The normalized spacial score (nSPS) is 10.1. The third-order valence-corrected chi connectivity index (χ3v) is 4.90. The maximum absolute atomic E-state index is 12.1. The van der Waals surface area contributed by atoms with E-state index in [-0.39, 0.29) is 19.6 Å². The van der Waals surface area contributed by atoms with Gasteiger partial charge in [0, 0.05) is 0 Å². The van der Waals surface area contributed by atoms with Crippen molar-refractivity contribution >= 4 is 19.6 Å². The van der Waals surface area contributed by atoms with Crippen molar-refractivity contribution in [3.05, 3.63) is 59.7 Å². The molecule has 0 saturated heterocycles. The molecular weight excluding hydrogens is 319 g/mol. The molecule has 0 aliphatic rings. The van der Waals surface area contributed by atoms with Gasteiger partial charge >= 0.3 is 125 Å². The molecule has 3 nitrogen and oxygen atoms in total. The van der Waals surface area contributed by atoms with E-state index in [1.807, 2.05) is 48.5 Å². The third kappa shape index (κ3) is 3.86. The van der Waals surface area contributed by atoms with Gasteiger partial charge in [0.15, 0.2) is 0 Å². The number of hydrogen-bond donors (Lipinski definition) is 0. The first-order chi connectivity index (χ1) is 9.72. The number of methoxy groups -OCH3 is 2. The zero-order chi connectivity index (χ0) is 14.4. The summed E-state index contributed by atoms with van der Waals surface area (Å²) in [5.74, 6) is 1.60. The molecule has 0 amide bonds. The van der Waals surface area contributed by atoms with Gasteiger partial charge in [0.05, 0.1) is 0 Å². The number of rotatable bonds is 6. The first kappa shape index (κ1) is 14.6. The van der Waals surface area contributed by atoms with Crippen LogP contribution in [0.15, 0.2) is 48.5 Å². The van der Waals surface area contributed by atoms with Crippen molar-refractivity contribution in [3.63, 3.8) is 0 Å². The standard InChI is InChI=1S/C16H16O3Se/c1-18-14-7-3-12(4-8-14)11-20-16(17)13-5-9-15(19-2)10-6-13/h3-10H,11H2,1-2H3. The SMILES string of the molecule is COc1ccc(C[Se]C(=O)c2ccc(OC)cc2)cc1. The predicted molar refractivity (Wildman–Crippen MR) is 79.8 cm³/mol. The minimum atomic E-state index is -0.0941. The average Bonchev–Trinajstić information content (AvgIpc) is 2.53. The van der Waals surface area contributed by atoms with E-state index >= 15 is 0 Å². The Bertz CT molecular complexity index is 561. The van der Waals surface area contributed by atoms with Gasteiger partial charge in [0.1, 0.15) is 0 Å². The molecule has 0 N–H and O–H groups in total. The van der Waals surface area contributed by atoms with Crippen LogP contribution in [0.4, 0.5) is 0 Å². The van der Waals surface area contributed by atoms with Crippen molar-refractivity contribution in [1.82, 2.24) is 0 Å². The van der Waals surface area contributed by atoms with Gasteiger partial charge < -0.3 is 0 Å². The summed E-state index contributed by atoms with van der Waals surface area (Å²) in [4.78, 5) is 12.1. The number of benzene rings is 2. The summed E-state index contributed by atoms with van der Waals surface area (Å²) >= 11 is -0.0941. The summed E-state index contributed by atoms with van der Waals surface area (Å²) in [5, 5.41) is 0.794. The monoisotopic (exact) mass is 336 g/mol. The molecule has 0 unspecified atom stereocenters. The van der Waals surface area contributed by atoms with Crippen molar-refractivity contribution in [2.45, 2.75) is 5.32 Å². The van der Waals surface area contributed by atoms with Crippen LogP contribution >= 0.6 is 0 Å². The molecule has 0 aliphatic carbocycles. The van der Waals surface area contributed by atoms with Crippen molar-refractivity contribution in [2.75, 3.05) is 14.2 Å². The van der Waals surface area contributed by atoms with Crippen LogP contribution in [0.1, 0.15) is 15.9 Å². The predicted octanol–water partition coefficient (Wildman–Crippen LogP) is 2.75. The van der Waals surface area contributed by atoms with Crippen LogP contribution in [0.5, 0.6) is 11.5 Å². The fourth-order valence-electron chi connectivity index (χ4n) is 1.68.